The second-order valence-corrected chi connectivity index (χ2v) is 9.72. The number of hydrogen-bond donors (Lipinski definition) is 0. The molecule has 1 saturated carbocycles. The summed E-state index contributed by atoms with van der Waals surface area (Å²) >= 11 is 0. The van der Waals surface area contributed by atoms with Crippen molar-refractivity contribution in [2.75, 3.05) is 26.2 Å². The Morgan fingerprint density at radius 3 is 2.49 bits per heavy atom. The predicted molar refractivity (Wildman–Crippen MR) is 128 cm³/mol. The van der Waals surface area contributed by atoms with E-state index in [0.29, 0.717) is 43.5 Å². The molecular weight excluding hydrogens is 455 g/mol. The van der Waals surface area contributed by atoms with Crippen LogP contribution in [0.25, 0.3) is 0 Å². The van der Waals surface area contributed by atoms with Crippen LogP contribution in [0, 0.1) is 12.8 Å². The first-order valence-electron chi connectivity index (χ1n) is 12.4. The van der Waals surface area contributed by atoms with Gasteiger partial charge in [-0.2, -0.15) is 13.2 Å². The number of hydrogen-bond acceptors (Lipinski definition) is 4. The van der Waals surface area contributed by atoms with Gasteiger partial charge in [-0.3, -0.25) is 4.79 Å². The number of amides is 1. The molecule has 1 saturated heterocycles. The lowest BCUT2D eigenvalue weighted by atomic mass is 9.88. The first-order chi connectivity index (χ1) is 16.8. The molecule has 2 aromatic rings. The van der Waals surface area contributed by atoms with E-state index in [0.717, 1.165) is 55.4 Å². The molecule has 1 aliphatic carbocycles. The molecule has 2 fully saturated rings. The lowest BCUT2D eigenvalue weighted by molar-refractivity contribution is -0.138. The van der Waals surface area contributed by atoms with Crippen LogP contribution in [0.1, 0.15) is 55.2 Å². The Kier molecular flexibility index (Phi) is 6.47. The number of amidine groups is 1. The molecule has 0 spiro atoms. The largest absolute Gasteiger partial charge is 0.454 e. The third-order valence-electron chi connectivity index (χ3n) is 7.17. The Bertz CT molecular complexity index is 1140. The highest BCUT2D eigenvalue weighted by Gasteiger charge is 2.33. The Hall–Kier alpha value is -3.03. The van der Waals surface area contributed by atoms with Crippen molar-refractivity contribution < 1.29 is 22.7 Å². The van der Waals surface area contributed by atoms with E-state index in [-0.39, 0.29) is 17.5 Å². The number of carbonyl (C=O) groups is 1. The fourth-order valence-corrected chi connectivity index (χ4v) is 5.27. The van der Waals surface area contributed by atoms with Crippen molar-refractivity contribution >= 4 is 17.4 Å². The average Bonchev–Trinajstić information content (AvgIpc) is 3.18. The van der Waals surface area contributed by atoms with Crippen LogP contribution in [0.4, 0.5) is 18.9 Å². The predicted octanol–water partition coefficient (Wildman–Crippen LogP) is 6.31. The minimum absolute atomic E-state index is 0.120. The van der Waals surface area contributed by atoms with E-state index in [1.54, 1.807) is 0 Å². The lowest BCUT2D eigenvalue weighted by Gasteiger charge is -2.29. The summed E-state index contributed by atoms with van der Waals surface area (Å²) in [7, 11) is 0. The zero-order valence-corrected chi connectivity index (χ0v) is 19.9. The molecule has 0 aromatic heterocycles. The topological polar surface area (TPSA) is 45.1 Å². The highest BCUT2D eigenvalue weighted by Crippen LogP contribution is 2.42. The Balaban J connectivity index is 1.46. The van der Waals surface area contributed by atoms with E-state index in [1.807, 2.05) is 30.0 Å². The normalized spacial score (nSPS) is 19.1. The fourth-order valence-electron chi connectivity index (χ4n) is 5.27. The van der Waals surface area contributed by atoms with Gasteiger partial charge in [0.05, 0.1) is 11.1 Å². The number of aryl methyl sites for hydroxylation is 1. The van der Waals surface area contributed by atoms with Crippen LogP contribution < -0.4 is 4.74 Å². The second-order valence-electron chi connectivity index (χ2n) is 9.72. The Morgan fingerprint density at radius 1 is 0.943 bits per heavy atom. The number of halogens is 3. The van der Waals surface area contributed by atoms with Crippen molar-refractivity contribution in [3.8, 4) is 11.5 Å². The van der Waals surface area contributed by atoms with Gasteiger partial charge in [-0.05, 0) is 56.5 Å². The SMILES string of the molecule is Cc1ccc2c(c1)C(N1CCCN(C(=O)C3CCCCC3)CC1)=Nc1cc(C(F)(F)F)ccc1O2. The van der Waals surface area contributed by atoms with Gasteiger partial charge in [0.1, 0.15) is 17.3 Å². The number of ether oxygens (including phenoxy) is 1. The van der Waals surface area contributed by atoms with Gasteiger partial charge in [0, 0.05) is 32.1 Å². The van der Waals surface area contributed by atoms with Crippen molar-refractivity contribution in [3.63, 3.8) is 0 Å². The molecule has 8 heteroatoms. The van der Waals surface area contributed by atoms with Crippen molar-refractivity contribution in [2.24, 2.45) is 10.9 Å². The first kappa shape index (κ1) is 23.7. The minimum Gasteiger partial charge on any atom is -0.454 e. The molecule has 3 aliphatic rings. The molecular formula is C27H30F3N3O2. The summed E-state index contributed by atoms with van der Waals surface area (Å²) < 4.78 is 46.3. The van der Waals surface area contributed by atoms with Gasteiger partial charge in [0.25, 0.3) is 0 Å². The number of aliphatic imine (C=N–C) groups is 1. The summed E-state index contributed by atoms with van der Waals surface area (Å²) in [6.45, 7) is 4.45. The maximum atomic E-state index is 13.4. The van der Waals surface area contributed by atoms with Crippen molar-refractivity contribution in [1.82, 2.24) is 9.80 Å². The maximum absolute atomic E-state index is 13.4. The third kappa shape index (κ3) is 5.02. The van der Waals surface area contributed by atoms with E-state index in [2.05, 4.69) is 4.90 Å². The quantitative estimate of drug-likeness (QED) is 0.475. The minimum atomic E-state index is -4.47. The van der Waals surface area contributed by atoms with Gasteiger partial charge < -0.3 is 14.5 Å². The summed E-state index contributed by atoms with van der Waals surface area (Å²) in [4.78, 5) is 21.9. The standard InChI is InChI=1S/C27H30F3N3O2/c1-18-8-10-23-21(16-18)25(31-22-17-20(27(28,29)30)9-11-24(22)35-23)32-12-5-13-33(15-14-32)26(34)19-6-3-2-4-7-19/h8-11,16-17,19H,2-7,12-15H2,1H3. The highest BCUT2D eigenvalue weighted by atomic mass is 19.4. The summed E-state index contributed by atoms with van der Waals surface area (Å²) in [6.07, 6.45) is 1.67. The molecule has 2 aromatic carbocycles. The molecule has 35 heavy (non-hydrogen) atoms. The van der Waals surface area contributed by atoms with E-state index in [4.69, 9.17) is 9.73 Å². The van der Waals surface area contributed by atoms with Gasteiger partial charge in [0.2, 0.25) is 5.91 Å². The number of benzene rings is 2. The third-order valence-corrected chi connectivity index (χ3v) is 7.17. The molecule has 1 amide bonds. The monoisotopic (exact) mass is 485 g/mol. The molecule has 0 unspecified atom stereocenters. The van der Waals surface area contributed by atoms with Crippen molar-refractivity contribution in [2.45, 2.75) is 51.6 Å². The summed E-state index contributed by atoms with van der Waals surface area (Å²) in [5, 5.41) is 0. The zero-order valence-electron chi connectivity index (χ0n) is 19.9. The van der Waals surface area contributed by atoms with Gasteiger partial charge in [-0.25, -0.2) is 4.99 Å². The van der Waals surface area contributed by atoms with Crippen LogP contribution in [0.3, 0.4) is 0 Å². The molecule has 5 rings (SSSR count). The number of alkyl halides is 3. The number of rotatable bonds is 1. The summed E-state index contributed by atoms with van der Waals surface area (Å²) in [6, 6.07) is 9.11. The van der Waals surface area contributed by atoms with Crippen molar-refractivity contribution in [1.29, 1.82) is 0 Å². The molecule has 0 bridgehead atoms. The van der Waals surface area contributed by atoms with Crippen LogP contribution in [0.15, 0.2) is 41.4 Å². The van der Waals surface area contributed by atoms with Gasteiger partial charge >= 0.3 is 6.18 Å². The van der Waals surface area contributed by atoms with Gasteiger partial charge in [0.15, 0.2) is 5.75 Å². The van der Waals surface area contributed by atoms with Crippen LogP contribution in [-0.2, 0) is 11.0 Å². The molecule has 0 atom stereocenters. The van der Waals surface area contributed by atoms with Crippen molar-refractivity contribution in [3.05, 3.63) is 53.1 Å². The maximum Gasteiger partial charge on any atom is 0.416 e. The van der Waals surface area contributed by atoms with Crippen LogP contribution in [0.2, 0.25) is 0 Å². The smallest absolute Gasteiger partial charge is 0.416 e. The highest BCUT2D eigenvalue weighted by molar-refractivity contribution is 6.04. The van der Waals surface area contributed by atoms with Gasteiger partial charge in [-0.1, -0.05) is 30.9 Å². The van der Waals surface area contributed by atoms with E-state index < -0.39 is 11.7 Å². The van der Waals surface area contributed by atoms with Gasteiger partial charge in [-0.15, -0.1) is 0 Å². The lowest BCUT2D eigenvalue weighted by Crippen LogP contribution is -2.40. The molecule has 2 heterocycles. The van der Waals surface area contributed by atoms with E-state index in [9.17, 15) is 18.0 Å². The average molecular weight is 486 g/mol. The molecule has 2 aliphatic heterocycles. The number of nitrogens with zero attached hydrogens (tertiary/aromatic N) is 3. The molecule has 0 N–H and O–H groups in total. The second kappa shape index (κ2) is 9.55. The summed E-state index contributed by atoms with van der Waals surface area (Å²) in [5.41, 5.74) is 1.15. The van der Waals surface area contributed by atoms with Crippen LogP contribution >= 0.6 is 0 Å². The van der Waals surface area contributed by atoms with Crippen LogP contribution in [0.5, 0.6) is 11.5 Å². The first-order valence-corrected chi connectivity index (χ1v) is 12.4. The number of carbonyl (C=O) groups excluding carboxylic acids is 1. The molecule has 186 valence electrons. The fraction of sp³-hybridized carbons (Fsp3) is 0.481. The Morgan fingerprint density at radius 2 is 1.71 bits per heavy atom. The zero-order chi connectivity index (χ0) is 24.6. The Labute approximate surface area is 203 Å². The van der Waals surface area contributed by atoms with Crippen LogP contribution in [-0.4, -0.2) is 47.7 Å². The molecule has 0 radical (unpaired) electrons. The molecule has 5 nitrogen and oxygen atoms in total. The number of fused-ring (bicyclic) bond motifs is 2. The van der Waals surface area contributed by atoms with E-state index in [1.165, 1.54) is 12.5 Å². The van der Waals surface area contributed by atoms with E-state index >= 15 is 0 Å². The summed E-state index contributed by atoms with van der Waals surface area (Å²) in [5.74, 6) is 1.81.